The third-order valence-electron chi connectivity index (χ3n) is 4.16. The Labute approximate surface area is 105 Å². The maximum Gasteiger partial charge on any atom is 0.0392 e. The van der Waals surface area contributed by atoms with Gasteiger partial charge in [0.2, 0.25) is 0 Å². The standard InChI is InChI=1S/C15H24N2/c1-3-12-7-9-13(10-8-12)17-15-6-4-5-14(16)11(15)2/h4-6,12-13,17H,3,7-10,16H2,1-2H3. The van der Waals surface area contributed by atoms with Crippen LogP contribution in [0, 0.1) is 12.8 Å². The van der Waals surface area contributed by atoms with Crippen molar-refractivity contribution >= 4 is 11.4 Å². The van der Waals surface area contributed by atoms with Gasteiger partial charge in [0.25, 0.3) is 0 Å². The molecule has 1 aliphatic rings. The van der Waals surface area contributed by atoms with Crippen molar-refractivity contribution in [2.45, 2.75) is 52.0 Å². The molecular weight excluding hydrogens is 208 g/mol. The normalized spacial score (nSPS) is 24.6. The summed E-state index contributed by atoms with van der Waals surface area (Å²) in [5, 5.41) is 3.65. The summed E-state index contributed by atoms with van der Waals surface area (Å²) in [4.78, 5) is 0. The van der Waals surface area contributed by atoms with Crippen molar-refractivity contribution in [2.24, 2.45) is 5.92 Å². The van der Waals surface area contributed by atoms with E-state index in [0.29, 0.717) is 6.04 Å². The van der Waals surface area contributed by atoms with Gasteiger partial charge in [-0.25, -0.2) is 0 Å². The second-order valence-corrected chi connectivity index (χ2v) is 5.29. The van der Waals surface area contributed by atoms with Crippen molar-refractivity contribution in [2.75, 3.05) is 11.1 Å². The van der Waals surface area contributed by atoms with Gasteiger partial charge in [-0.05, 0) is 56.2 Å². The zero-order valence-electron chi connectivity index (χ0n) is 11.0. The molecule has 1 fully saturated rings. The monoisotopic (exact) mass is 232 g/mol. The zero-order valence-corrected chi connectivity index (χ0v) is 11.0. The first kappa shape index (κ1) is 12.3. The highest BCUT2D eigenvalue weighted by Crippen LogP contribution is 2.30. The van der Waals surface area contributed by atoms with Crippen molar-refractivity contribution in [3.8, 4) is 0 Å². The van der Waals surface area contributed by atoms with Gasteiger partial charge in [-0.15, -0.1) is 0 Å². The maximum atomic E-state index is 5.93. The lowest BCUT2D eigenvalue weighted by molar-refractivity contribution is 0.330. The number of nitrogens with one attached hydrogen (secondary N) is 1. The Kier molecular flexibility index (Phi) is 3.93. The van der Waals surface area contributed by atoms with Gasteiger partial charge < -0.3 is 11.1 Å². The minimum atomic E-state index is 0.637. The summed E-state index contributed by atoms with van der Waals surface area (Å²) in [5.74, 6) is 0.954. The van der Waals surface area contributed by atoms with Gasteiger partial charge >= 0.3 is 0 Å². The SMILES string of the molecule is CCC1CCC(Nc2cccc(N)c2C)CC1. The fraction of sp³-hybridized carbons (Fsp3) is 0.600. The number of hydrogen-bond acceptors (Lipinski definition) is 2. The molecule has 0 aromatic heterocycles. The second kappa shape index (κ2) is 5.44. The lowest BCUT2D eigenvalue weighted by atomic mass is 9.84. The van der Waals surface area contributed by atoms with Gasteiger partial charge in [-0.2, -0.15) is 0 Å². The molecule has 1 saturated carbocycles. The van der Waals surface area contributed by atoms with Crippen LogP contribution in [-0.4, -0.2) is 6.04 Å². The molecule has 0 heterocycles. The summed E-state index contributed by atoms with van der Waals surface area (Å²) in [6.45, 7) is 4.40. The second-order valence-electron chi connectivity index (χ2n) is 5.29. The van der Waals surface area contributed by atoms with E-state index < -0.39 is 0 Å². The topological polar surface area (TPSA) is 38.0 Å². The number of nitrogen functional groups attached to an aromatic ring is 1. The third kappa shape index (κ3) is 2.93. The molecule has 0 spiro atoms. The van der Waals surface area contributed by atoms with Gasteiger partial charge in [0, 0.05) is 17.4 Å². The smallest absolute Gasteiger partial charge is 0.0392 e. The molecule has 2 rings (SSSR count). The van der Waals surface area contributed by atoms with Crippen LogP contribution in [0.1, 0.15) is 44.6 Å². The van der Waals surface area contributed by atoms with Crippen LogP contribution in [0.3, 0.4) is 0 Å². The highest BCUT2D eigenvalue weighted by Gasteiger charge is 2.20. The molecule has 0 radical (unpaired) electrons. The molecule has 0 atom stereocenters. The molecule has 0 bridgehead atoms. The number of hydrogen-bond donors (Lipinski definition) is 2. The maximum absolute atomic E-state index is 5.93. The summed E-state index contributed by atoms with van der Waals surface area (Å²) < 4.78 is 0. The molecule has 1 aromatic rings. The number of anilines is 2. The first-order chi connectivity index (χ1) is 8.20. The molecule has 3 N–H and O–H groups in total. The molecule has 2 nitrogen and oxygen atoms in total. The molecule has 0 saturated heterocycles. The Morgan fingerprint density at radius 1 is 1.24 bits per heavy atom. The lowest BCUT2D eigenvalue weighted by Gasteiger charge is -2.29. The molecule has 0 amide bonds. The summed E-state index contributed by atoms with van der Waals surface area (Å²) in [6.07, 6.45) is 6.68. The average Bonchev–Trinajstić information content (AvgIpc) is 2.36. The van der Waals surface area contributed by atoms with Gasteiger partial charge in [0.05, 0.1) is 0 Å². The largest absolute Gasteiger partial charge is 0.398 e. The fourth-order valence-electron chi connectivity index (χ4n) is 2.74. The Morgan fingerprint density at radius 2 is 1.94 bits per heavy atom. The van der Waals surface area contributed by atoms with Crippen molar-refractivity contribution in [3.05, 3.63) is 23.8 Å². The zero-order chi connectivity index (χ0) is 12.3. The predicted molar refractivity (Wildman–Crippen MR) is 75.3 cm³/mol. The molecule has 0 unspecified atom stereocenters. The predicted octanol–water partition coefficient (Wildman–Crippen LogP) is 3.96. The van der Waals surface area contributed by atoms with E-state index in [-0.39, 0.29) is 0 Å². The lowest BCUT2D eigenvalue weighted by Crippen LogP contribution is -2.26. The van der Waals surface area contributed by atoms with Crippen molar-refractivity contribution in [1.29, 1.82) is 0 Å². The minimum absolute atomic E-state index is 0.637. The van der Waals surface area contributed by atoms with E-state index >= 15 is 0 Å². The van der Waals surface area contributed by atoms with Crippen LogP contribution >= 0.6 is 0 Å². The molecule has 1 aromatic carbocycles. The van der Waals surface area contributed by atoms with E-state index in [9.17, 15) is 0 Å². The Balaban J connectivity index is 1.95. The van der Waals surface area contributed by atoms with Crippen LogP contribution in [0.15, 0.2) is 18.2 Å². The van der Waals surface area contributed by atoms with Gasteiger partial charge in [-0.3, -0.25) is 0 Å². The van der Waals surface area contributed by atoms with Crippen molar-refractivity contribution < 1.29 is 0 Å². The number of nitrogens with two attached hydrogens (primary N) is 1. The van der Waals surface area contributed by atoms with Crippen LogP contribution in [0.5, 0.6) is 0 Å². The van der Waals surface area contributed by atoms with E-state index in [1.807, 2.05) is 12.1 Å². The number of benzene rings is 1. The molecule has 17 heavy (non-hydrogen) atoms. The van der Waals surface area contributed by atoms with Crippen molar-refractivity contribution in [1.82, 2.24) is 0 Å². The Bertz CT molecular complexity index is 365. The molecular formula is C15H24N2. The van der Waals surface area contributed by atoms with Crippen LogP contribution in [-0.2, 0) is 0 Å². The van der Waals surface area contributed by atoms with Gasteiger partial charge in [-0.1, -0.05) is 19.4 Å². The summed E-state index contributed by atoms with van der Waals surface area (Å²) in [5.41, 5.74) is 9.21. The van der Waals surface area contributed by atoms with E-state index in [1.165, 1.54) is 43.4 Å². The molecule has 2 heteroatoms. The quantitative estimate of drug-likeness (QED) is 0.774. The van der Waals surface area contributed by atoms with E-state index in [2.05, 4.69) is 25.2 Å². The van der Waals surface area contributed by atoms with Crippen LogP contribution in [0.4, 0.5) is 11.4 Å². The Morgan fingerprint density at radius 3 is 2.59 bits per heavy atom. The first-order valence-corrected chi connectivity index (χ1v) is 6.82. The summed E-state index contributed by atoms with van der Waals surface area (Å²) in [6, 6.07) is 6.77. The fourth-order valence-corrected chi connectivity index (χ4v) is 2.74. The first-order valence-electron chi connectivity index (χ1n) is 6.82. The van der Waals surface area contributed by atoms with Gasteiger partial charge in [0.15, 0.2) is 0 Å². The van der Waals surface area contributed by atoms with Crippen LogP contribution in [0.2, 0.25) is 0 Å². The minimum Gasteiger partial charge on any atom is -0.398 e. The van der Waals surface area contributed by atoms with Crippen molar-refractivity contribution in [3.63, 3.8) is 0 Å². The van der Waals surface area contributed by atoms with Gasteiger partial charge in [0.1, 0.15) is 0 Å². The van der Waals surface area contributed by atoms with E-state index in [0.717, 1.165) is 11.6 Å². The summed E-state index contributed by atoms with van der Waals surface area (Å²) in [7, 11) is 0. The van der Waals surface area contributed by atoms with E-state index in [1.54, 1.807) is 0 Å². The van der Waals surface area contributed by atoms with E-state index in [4.69, 9.17) is 5.73 Å². The molecule has 1 aliphatic carbocycles. The summed E-state index contributed by atoms with van der Waals surface area (Å²) >= 11 is 0. The molecule has 0 aliphatic heterocycles. The number of rotatable bonds is 3. The average molecular weight is 232 g/mol. The van der Waals surface area contributed by atoms with Crippen LogP contribution in [0.25, 0.3) is 0 Å². The van der Waals surface area contributed by atoms with Crippen LogP contribution < -0.4 is 11.1 Å². The highest BCUT2D eigenvalue weighted by atomic mass is 14.9. The Hall–Kier alpha value is -1.18. The highest BCUT2D eigenvalue weighted by molar-refractivity contribution is 5.63. The third-order valence-corrected chi connectivity index (χ3v) is 4.16. The molecule has 94 valence electrons.